The first-order valence-corrected chi connectivity index (χ1v) is 10.5. The highest BCUT2D eigenvalue weighted by atomic mass is 19.4. The molecule has 1 N–H and O–H groups in total. The minimum Gasteiger partial charge on any atom is -0.347 e. The largest absolute Gasteiger partial charge is 0.416 e. The fourth-order valence-electron chi connectivity index (χ4n) is 5.40. The Morgan fingerprint density at radius 1 is 1.24 bits per heavy atom. The number of hydrogen-bond donors (Lipinski definition) is 1. The Kier molecular flexibility index (Phi) is 5.58. The lowest BCUT2D eigenvalue weighted by molar-refractivity contribution is -0.137. The van der Waals surface area contributed by atoms with Gasteiger partial charge in [-0.1, -0.05) is 18.6 Å². The molecular formula is C22H27F3N2O2. The molecule has 2 aliphatic carbocycles. The molecule has 0 radical (unpaired) electrons. The summed E-state index contributed by atoms with van der Waals surface area (Å²) >= 11 is 0. The van der Waals surface area contributed by atoms with Crippen LogP contribution in [0.2, 0.25) is 0 Å². The van der Waals surface area contributed by atoms with E-state index in [1.54, 1.807) is 11.0 Å². The number of carbonyl (C=O) groups is 2. The molecule has 1 aromatic rings. The molecule has 2 bridgehead atoms. The summed E-state index contributed by atoms with van der Waals surface area (Å²) in [6.07, 6.45) is 1.90. The molecular weight excluding hydrogens is 381 g/mol. The molecule has 3 fully saturated rings. The first kappa shape index (κ1) is 20.2. The van der Waals surface area contributed by atoms with Gasteiger partial charge >= 0.3 is 6.18 Å². The Morgan fingerprint density at radius 2 is 2.07 bits per heavy atom. The molecule has 29 heavy (non-hydrogen) atoms. The van der Waals surface area contributed by atoms with E-state index in [2.05, 4.69) is 5.32 Å². The summed E-state index contributed by atoms with van der Waals surface area (Å²) in [5.74, 6) is 1.59. The standard InChI is InChI=1S/C22H27F3N2O2/c23-22(24,25)18-4-1-3-16(11-18)19(13-27-8-2-5-21(27)29)26-20(28)12-17-10-14-6-7-15(17)9-14/h1,3-4,11,14-15,17,19H,2,5-10,12-13H2,(H,26,28)/t14-,15-,17-,19-/m0/s1. The number of nitrogens with zero attached hydrogens (tertiary/aromatic N) is 1. The second-order valence-electron chi connectivity index (χ2n) is 8.83. The lowest BCUT2D eigenvalue weighted by atomic mass is 9.86. The maximum Gasteiger partial charge on any atom is 0.416 e. The van der Waals surface area contributed by atoms with Crippen LogP contribution in [0.25, 0.3) is 0 Å². The van der Waals surface area contributed by atoms with Crippen LogP contribution in [0.5, 0.6) is 0 Å². The summed E-state index contributed by atoms with van der Waals surface area (Å²) in [4.78, 5) is 26.5. The van der Waals surface area contributed by atoms with Crippen LogP contribution < -0.4 is 5.32 Å². The number of benzene rings is 1. The van der Waals surface area contributed by atoms with Gasteiger partial charge in [-0.3, -0.25) is 9.59 Å². The first-order chi connectivity index (χ1) is 13.8. The Bertz CT molecular complexity index is 780. The van der Waals surface area contributed by atoms with E-state index in [4.69, 9.17) is 0 Å². The van der Waals surface area contributed by atoms with E-state index < -0.39 is 17.8 Å². The van der Waals surface area contributed by atoms with Crippen molar-refractivity contribution in [2.75, 3.05) is 13.1 Å². The maximum atomic E-state index is 13.2. The number of fused-ring (bicyclic) bond motifs is 2. The van der Waals surface area contributed by atoms with Crippen LogP contribution in [0.4, 0.5) is 13.2 Å². The monoisotopic (exact) mass is 408 g/mol. The molecule has 1 aliphatic heterocycles. The fourth-order valence-corrected chi connectivity index (χ4v) is 5.40. The predicted octanol–water partition coefficient (Wildman–Crippen LogP) is 4.31. The summed E-state index contributed by atoms with van der Waals surface area (Å²) in [6, 6.07) is 4.43. The minimum absolute atomic E-state index is 0.00988. The van der Waals surface area contributed by atoms with Gasteiger partial charge in [0.1, 0.15) is 0 Å². The summed E-state index contributed by atoms with van der Waals surface area (Å²) in [5, 5.41) is 2.95. The van der Waals surface area contributed by atoms with Crippen molar-refractivity contribution in [3.05, 3.63) is 35.4 Å². The molecule has 0 spiro atoms. The van der Waals surface area contributed by atoms with E-state index in [9.17, 15) is 22.8 Å². The zero-order valence-electron chi connectivity index (χ0n) is 16.4. The molecule has 1 heterocycles. The van der Waals surface area contributed by atoms with Crippen LogP contribution in [0.15, 0.2) is 24.3 Å². The molecule has 7 heteroatoms. The summed E-state index contributed by atoms with van der Waals surface area (Å²) in [5.41, 5.74) is -0.351. The zero-order chi connectivity index (χ0) is 20.6. The zero-order valence-corrected chi connectivity index (χ0v) is 16.4. The molecule has 158 valence electrons. The van der Waals surface area contributed by atoms with Gasteiger partial charge in [0.2, 0.25) is 11.8 Å². The number of halogens is 3. The van der Waals surface area contributed by atoms with Crippen molar-refractivity contribution >= 4 is 11.8 Å². The van der Waals surface area contributed by atoms with Crippen LogP contribution in [0, 0.1) is 17.8 Å². The second-order valence-corrected chi connectivity index (χ2v) is 8.83. The molecule has 4 nitrogen and oxygen atoms in total. The van der Waals surface area contributed by atoms with Crippen LogP contribution in [0.3, 0.4) is 0 Å². The van der Waals surface area contributed by atoms with Gasteiger partial charge in [-0.15, -0.1) is 0 Å². The van der Waals surface area contributed by atoms with Crippen molar-refractivity contribution in [3.63, 3.8) is 0 Å². The lowest BCUT2D eigenvalue weighted by Gasteiger charge is -2.27. The maximum absolute atomic E-state index is 13.2. The molecule has 2 amide bonds. The van der Waals surface area contributed by atoms with Gasteiger partial charge < -0.3 is 10.2 Å². The minimum atomic E-state index is -4.45. The molecule has 1 saturated heterocycles. The molecule has 2 saturated carbocycles. The smallest absolute Gasteiger partial charge is 0.347 e. The van der Waals surface area contributed by atoms with Crippen molar-refractivity contribution in [2.24, 2.45) is 17.8 Å². The summed E-state index contributed by atoms with van der Waals surface area (Å²) < 4.78 is 39.5. The van der Waals surface area contributed by atoms with Crippen LogP contribution >= 0.6 is 0 Å². The summed E-state index contributed by atoms with van der Waals surface area (Å²) in [6.45, 7) is 0.791. The number of nitrogens with one attached hydrogen (secondary N) is 1. The molecule has 4 rings (SSSR count). The molecule has 0 aromatic heterocycles. The van der Waals surface area contributed by atoms with E-state index in [0.29, 0.717) is 36.8 Å². The van der Waals surface area contributed by atoms with Gasteiger partial charge in [0.15, 0.2) is 0 Å². The molecule has 4 atom stereocenters. The number of alkyl halides is 3. The SMILES string of the molecule is O=C(C[C@@H]1C[C@H]2CC[C@H]1C2)N[C@@H](CN1CCCC1=O)c1cccc(C(F)(F)F)c1. The third kappa shape index (κ3) is 4.59. The van der Waals surface area contributed by atoms with Crippen molar-refractivity contribution in [3.8, 4) is 0 Å². The lowest BCUT2D eigenvalue weighted by Crippen LogP contribution is -2.39. The van der Waals surface area contributed by atoms with Crippen molar-refractivity contribution in [2.45, 2.75) is 57.2 Å². The Labute approximate surface area is 168 Å². The van der Waals surface area contributed by atoms with Gasteiger partial charge in [-0.2, -0.15) is 13.2 Å². The average molecular weight is 408 g/mol. The molecule has 0 unspecified atom stereocenters. The fraction of sp³-hybridized carbons (Fsp3) is 0.636. The molecule has 3 aliphatic rings. The molecule has 1 aromatic carbocycles. The van der Waals surface area contributed by atoms with Gasteiger partial charge in [0.05, 0.1) is 11.6 Å². The van der Waals surface area contributed by atoms with E-state index in [0.717, 1.165) is 30.9 Å². The quantitative estimate of drug-likeness (QED) is 0.763. The van der Waals surface area contributed by atoms with Crippen LogP contribution in [-0.4, -0.2) is 29.8 Å². The number of rotatable bonds is 6. The third-order valence-corrected chi connectivity index (χ3v) is 6.86. The van der Waals surface area contributed by atoms with E-state index in [-0.39, 0.29) is 18.4 Å². The highest BCUT2D eigenvalue weighted by Gasteiger charge is 2.40. The van der Waals surface area contributed by atoms with Gasteiger partial charge in [0, 0.05) is 25.9 Å². The average Bonchev–Trinajstić information content (AvgIpc) is 3.38. The van der Waals surface area contributed by atoms with Crippen LogP contribution in [0.1, 0.15) is 62.1 Å². The van der Waals surface area contributed by atoms with E-state index >= 15 is 0 Å². The Balaban J connectivity index is 1.49. The topological polar surface area (TPSA) is 49.4 Å². The highest BCUT2D eigenvalue weighted by molar-refractivity contribution is 5.79. The normalized spacial score (nSPS) is 27.5. The number of amides is 2. The predicted molar refractivity (Wildman–Crippen MR) is 102 cm³/mol. The van der Waals surface area contributed by atoms with Crippen LogP contribution in [-0.2, 0) is 15.8 Å². The highest BCUT2D eigenvalue weighted by Crippen LogP contribution is 2.49. The van der Waals surface area contributed by atoms with E-state index in [1.807, 2.05) is 0 Å². The Morgan fingerprint density at radius 3 is 2.69 bits per heavy atom. The number of likely N-dealkylation sites (tertiary alicyclic amines) is 1. The van der Waals surface area contributed by atoms with Crippen molar-refractivity contribution in [1.29, 1.82) is 0 Å². The van der Waals surface area contributed by atoms with E-state index in [1.165, 1.54) is 25.3 Å². The number of hydrogen-bond acceptors (Lipinski definition) is 2. The third-order valence-electron chi connectivity index (χ3n) is 6.86. The second kappa shape index (κ2) is 8.00. The summed E-state index contributed by atoms with van der Waals surface area (Å²) in [7, 11) is 0. The van der Waals surface area contributed by atoms with Crippen molar-refractivity contribution in [1.82, 2.24) is 10.2 Å². The number of carbonyl (C=O) groups excluding carboxylic acids is 2. The van der Waals surface area contributed by atoms with Crippen molar-refractivity contribution < 1.29 is 22.8 Å². The van der Waals surface area contributed by atoms with Gasteiger partial charge in [-0.05, 0) is 61.1 Å². The van der Waals surface area contributed by atoms with Gasteiger partial charge in [-0.25, -0.2) is 0 Å². The van der Waals surface area contributed by atoms with Gasteiger partial charge in [0.25, 0.3) is 0 Å². The first-order valence-electron chi connectivity index (χ1n) is 10.5. The Hall–Kier alpha value is -2.05.